The Morgan fingerprint density at radius 2 is 1.10 bits per heavy atom. The maximum Gasteiger partial charge on any atom is 0.227 e. The number of nitrogens with zero attached hydrogens (tertiary/aromatic N) is 2. The number of aromatic nitrogens is 1. The molecule has 0 atom stereocenters. The molecule has 11 rings (SSSR count). The lowest BCUT2D eigenvalue weighted by Crippen LogP contribution is -2.15. The van der Waals surface area contributed by atoms with Crippen LogP contribution in [0, 0.1) is 0 Å². The summed E-state index contributed by atoms with van der Waals surface area (Å²) in [6, 6.07) is 50.8. The van der Waals surface area contributed by atoms with E-state index in [4.69, 9.17) is 18.2 Å². The monoisotopic (exact) mass is 658 g/mol. The van der Waals surface area contributed by atoms with Gasteiger partial charge >= 0.3 is 0 Å². The fourth-order valence-corrected chi connectivity index (χ4v) is 8.18. The molecule has 0 saturated carbocycles. The van der Waals surface area contributed by atoms with Gasteiger partial charge in [0.05, 0.1) is 0 Å². The molecule has 0 radical (unpaired) electrons. The van der Waals surface area contributed by atoms with Gasteiger partial charge in [0.1, 0.15) is 27.8 Å². The summed E-state index contributed by atoms with van der Waals surface area (Å²) in [5.41, 5.74) is 14.0. The van der Waals surface area contributed by atoms with E-state index < -0.39 is 0 Å². The van der Waals surface area contributed by atoms with Crippen LogP contribution in [0.5, 0.6) is 0 Å². The van der Waals surface area contributed by atoms with Crippen LogP contribution in [-0.2, 0) is 5.41 Å². The quantitative estimate of drug-likeness (QED) is 0.188. The molecule has 0 N–H and O–H groups in total. The Bertz CT molecular complexity index is 3020. The fourth-order valence-electron chi connectivity index (χ4n) is 8.18. The zero-order valence-corrected chi connectivity index (χ0v) is 28.0. The summed E-state index contributed by atoms with van der Waals surface area (Å²) >= 11 is 0. The van der Waals surface area contributed by atoms with Crippen molar-refractivity contribution in [3.05, 3.63) is 157 Å². The van der Waals surface area contributed by atoms with Crippen molar-refractivity contribution in [3.8, 4) is 22.6 Å². The average molecular weight is 659 g/mol. The molecule has 242 valence electrons. The summed E-state index contributed by atoms with van der Waals surface area (Å²) < 4.78 is 19.0. The Kier molecular flexibility index (Phi) is 5.66. The molecule has 0 spiro atoms. The molecule has 0 aliphatic heterocycles. The molecule has 10 aromatic rings. The SMILES string of the molecule is CC1(C)c2ccccc2-c2cc(N(c3ccc4c(c3)oc3cc5oc(-c6ccccc6)nc5cc34)c3ccc4oc5ccccc5c4c3)ccc21. The lowest BCUT2D eigenvalue weighted by atomic mass is 9.82. The third-order valence-corrected chi connectivity index (χ3v) is 10.7. The molecule has 0 fully saturated rings. The Labute approximate surface area is 293 Å². The minimum absolute atomic E-state index is 0.0764. The minimum atomic E-state index is -0.0764. The molecule has 0 bridgehead atoms. The molecule has 5 nitrogen and oxygen atoms in total. The largest absolute Gasteiger partial charge is 0.456 e. The van der Waals surface area contributed by atoms with E-state index in [9.17, 15) is 0 Å². The maximum absolute atomic E-state index is 6.57. The van der Waals surface area contributed by atoms with Crippen LogP contribution in [0.2, 0.25) is 0 Å². The van der Waals surface area contributed by atoms with Crippen LogP contribution in [0.4, 0.5) is 17.1 Å². The summed E-state index contributed by atoms with van der Waals surface area (Å²) in [4.78, 5) is 7.14. The van der Waals surface area contributed by atoms with Crippen molar-refractivity contribution in [2.45, 2.75) is 19.3 Å². The van der Waals surface area contributed by atoms with Crippen LogP contribution in [0.3, 0.4) is 0 Å². The molecular formula is C46H30N2O3. The summed E-state index contributed by atoms with van der Waals surface area (Å²) in [5.74, 6) is 0.600. The molecule has 3 heterocycles. The highest BCUT2D eigenvalue weighted by Gasteiger charge is 2.35. The summed E-state index contributed by atoms with van der Waals surface area (Å²) in [6.07, 6.45) is 0. The smallest absolute Gasteiger partial charge is 0.227 e. The number of fused-ring (bicyclic) bond motifs is 10. The first kappa shape index (κ1) is 28.3. The average Bonchev–Trinajstić information content (AvgIpc) is 3.90. The molecular weight excluding hydrogens is 629 g/mol. The number of furan rings is 2. The number of rotatable bonds is 4. The van der Waals surface area contributed by atoms with E-state index in [1.165, 1.54) is 22.3 Å². The number of oxazole rings is 1. The minimum Gasteiger partial charge on any atom is -0.456 e. The highest BCUT2D eigenvalue weighted by molar-refractivity contribution is 6.10. The summed E-state index contributed by atoms with van der Waals surface area (Å²) in [5, 5.41) is 4.21. The molecule has 0 unspecified atom stereocenters. The molecule has 5 heteroatoms. The van der Waals surface area contributed by atoms with Crippen molar-refractivity contribution in [1.82, 2.24) is 4.98 Å². The van der Waals surface area contributed by atoms with Gasteiger partial charge in [-0.2, -0.15) is 0 Å². The van der Waals surface area contributed by atoms with Crippen LogP contribution < -0.4 is 4.90 Å². The predicted molar refractivity (Wildman–Crippen MR) is 206 cm³/mol. The van der Waals surface area contributed by atoms with E-state index in [-0.39, 0.29) is 5.41 Å². The van der Waals surface area contributed by atoms with Gasteiger partial charge < -0.3 is 18.2 Å². The van der Waals surface area contributed by atoms with Gasteiger partial charge in [-0.05, 0) is 89.0 Å². The van der Waals surface area contributed by atoms with Gasteiger partial charge in [-0.15, -0.1) is 0 Å². The zero-order chi connectivity index (χ0) is 33.8. The number of anilines is 3. The molecule has 0 saturated heterocycles. The third kappa shape index (κ3) is 4.12. The number of hydrogen-bond donors (Lipinski definition) is 0. The molecule has 51 heavy (non-hydrogen) atoms. The van der Waals surface area contributed by atoms with Crippen LogP contribution in [-0.4, -0.2) is 4.98 Å². The van der Waals surface area contributed by atoms with E-state index in [0.29, 0.717) is 11.5 Å². The van der Waals surface area contributed by atoms with Crippen LogP contribution >= 0.6 is 0 Å². The molecule has 0 amide bonds. The van der Waals surface area contributed by atoms with Gasteiger partial charge in [0, 0.05) is 61.7 Å². The lowest BCUT2D eigenvalue weighted by Gasteiger charge is -2.27. The van der Waals surface area contributed by atoms with Crippen LogP contribution in [0.1, 0.15) is 25.0 Å². The normalized spacial score (nSPS) is 13.5. The van der Waals surface area contributed by atoms with E-state index in [1.54, 1.807) is 0 Å². The Hall–Kier alpha value is -6.59. The number of hydrogen-bond acceptors (Lipinski definition) is 5. The first-order valence-electron chi connectivity index (χ1n) is 17.3. The second kappa shape index (κ2) is 10.2. The van der Waals surface area contributed by atoms with Crippen molar-refractivity contribution in [2.24, 2.45) is 0 Å². The van der Waals surface area contributed by atoms with Gasteiger partial charge in [-0.1, -0.05) is 80.6 Å². The van der Waals surface area contributed by atoms with Gasteiger partial charge in [0.2, 0.25) is 5.89 Å². The van der Waals surface area contributed by atoms with Gasteiger partial charge in [0.25, 0.3) is 0 Å². The molecule has 1 aliphatic carbocycles. The first-order chi connectivity index (χ1) is 25.0. The van der Waals surface area contributed by atoms with Gasteiger partial charge in [-0.3, -0.25) is 0 Å². The van der Waals surface area contributed by atoms with E-state index in [1.807, 2.05) is 48.5 Å². The Balaban J connectivity index is 1.10. The van der Waals surface area contributed by atoms with E-state index >= 15 is 0 Å². The second-order valence-corrected chi connectivity index (χ2v) is 14.0. The summed E-state index contributed by atoms with van der Waals surface area (Å²) in [7, 11) is 0. The molecule has 1 aliphatic rings. The van der Waals surface area contributed by atoms with Crippen molar-refractivity contribution in [1.29, 1.82) is 0 Å². The van der Waals surface area contributed by atoms with E-state index in [2.05, 4.69) is 116 Å². The summed E-state index contributed by atoms with van der Waals surface area (Å²) in [6.45, 7) is 4.63. The highest BCUT2D eigenvalue weighted by Crippen LogP contribution is 2.51. The number of benzene rings is 7. The second-order valence-electron chi connectivity index (χ2n) is 14.0. The van der Waals surface area contributed by atoms with Crippen molar-refractivity contribution >= 4 is 72.0 Å². The number of para-hydroxylation sites is 1. The zero-order valence-electron chi connectivity index (χ0n) is 28.0. The molecule has 3 aromatic heterocycles. The van der Waals surface area contributed by atoms with Crippen molar-refractivity contribution < 1.29 is 13.3 Å². The Morgan fingerprint density at radius 1 is 0.451 bits per heavy atom. The standard InChI is InChI=1S/C46H30N2O3/c1-46(2)37-14-8-6-12-31(37)34-22-28(17-20-38(34)46)48(29-18-21-41-35(23-29)32-13-7-9-15-40(32)49-41)30-16-19-33-36-25-39-44(26-43(36)50-42(33)24-30)51-45(47-39)27-10-4-3-5-11-27/h3-26H,1-2H3. The fraction of sp³-hybridized carbons (Fsp3) is 0.0652. The third-order valence-electron chi connectivity index (χ3n) is 10.7. The lowest BCUT2D eigenvalue weighted by molar-refractivity contribution is 0.617. The maximum atomic E-state index is 6.57. The van der Waals surface area contributed by atoms with E-state index in [0.717, 1.165) is 72.0 Å². The van der Waals surface area contributed by atoms with Crippen LogP contribution in [0.25, 0.3) is 77.6 Å². The highest BCUT2D eigenvalue weighted by atomic mass is 16.4. The Morgan fingerprint density at radius 3 is 2.02 bits per heavy atom. The van der Waals surface area contributed by atoms with Crippen molar-refractivity contribution in [3.63, 3.8) is 0 Å². The predicted octanol–water partition coefficient (Wildman–Crippen LogP) is 13.1. The van der Waals surface area contributed by atoms with Crippen LogP contribution in [0.15, 0.2) is 159 Å². The van der Waals surface area contributed by atoms with Crippen molar-refractivity contribution in [2.75, 3.05) is 4.90 Å². The van der Waals surface area contributed by atoms with Gasteiger partial charge in [-0.25, -0.2) is 4.98 Å². The van der Waals surface area contributed by atoms with Gasteiger partial charge in [0.15, 0.2) is 5.58 Å². The molecule has 7 aromatic carbocycles. The first-order valence-corrected chi connectivity index (χ1v) is 17.3. The topological polar surface area (TPSA) is 55.6 Å².